The summed E-state index contributed by atoms with van der Waals surface area (Å²) >= 11 is 3.49. The maximum Gasteiger partial charge on any atom is -0.00451 e. The molecule has 0 N–H and O–H groups in total. The normalized spacial score (nSPS) is 12.7. The predicted molar refractivity (Wildman–Crippen MR) is 58.4 cm³/mol. The van der Waals surface area contributed by atoms with Crippen LogP contribution in [0.2, 0.25) is 0 Å². The maximum atomic E-state index is 3.49. The molecular formula is C11H13Br. The van der Waals surface area contributed by atoms with Crippen molar-refractivity contribution in [3.63, 3.8) is 0 Å². The quantitative estimate of drug-likeness (QED) is 0.673. The Kier molecular flexibility index (Phi) is 3.10. The van der Waals surface area contributed by atoms with Gasteiger partial charge in [-0.15, -0.1) is 0 Å². The Hall–Kier alpha value is -0.560. The van der Waals surface area contributed by atoms with Gasteiger partial charge in [-0.05, 0) is 42.0 Å². The van der Waals surface area contributed by atoms with Crippen molar-refractivity contribution in [3.05, 3.63) is 39.9 Å². The van der Waals surface area contributed by atoms with Crippen LogP contribution in [0.5, 0.6) is 0 Å². The minimum Gasteiger partial charge on any atom is -0.0620 e. The Balaban J connectivity index is 3.21. The van der Waals surface area contributed by atoms with E-state index in [1.807, 2.05) is 0 Å². The van der Waals surface area contributed by atoms with Crippen LogP contribution in [-0.2, 0) is 0 Å². The van der Waals surface area contributed by atoms with Gasteiger partial charge in [0.15, 0.2) is 0 Å². The Labute approximate surface area is 82.4 Å². The summed E-state index contributed by atoms with van der Waals surface area (Å²) in [6, 6.07) is 8.42. The molecule has 0 nitrogen and oxygen atoms in total. The van der Waals surface area contributed by atoms with Crippen LogP contribution in [0.1, 0.15) is 25.0 Å². The Morgan fingerprint density at radius 1 is 1.17 bits per heavy atom. The molecule has 0 unspecified atom stereocenters. The second-order valence-electron chi connectivity index (χ2n) is 2.97. The molecule has 0 atom stereocenters. The van der Waals surface area contributed by atoms with Gasteiger partial charge in [-0.2, -0.15) is 0 Å². The summed E-state index contributed by atoms with van der Waals surface area (Å²) in [4.78, 5) is 0. The molecule has 64 valence electrons. The average molecular weight is 225 g/mol. The summed E-state index contributed by atoms with van der Waals surface area (Å²) in [7, 11) is 0. The van der Waals surface area contributed by atoms with Gasteiger partial charge in [0.1, 0.15) is 0 Å². The third kappa shape index (κ3) is 1.98. The molecule has 0 aliphatic carbocycles. The van der Waals surface area contributed by atoms with Crippen LogP contribution in [0.15, 0.2) is 28.7 Å². The van der Waals surface area contributed by atoms with E-state index < -0.39 is 0 Å². The van der Waals surface area contributed by atoms with E-state index in [-0.39, 0.29) is 0 Å². The average Bonchev–Trinajstić information content (AvgIpc) is 2.04. The van der Waals surface area contributed by atoms with E-state index in [1.54, 1.807) is 0 Å². The molecule has 0 amide bonds. The number of aryl methyl sites for hydroxylation is 1. The summed E-state index contributed by atoms with van der Waals surface area (Å²) in [5, 5.41) is 0. The summed E-state index contributed by atoms with van der Waals surface area (Å²) in [6.45, 7) is 6.34. The van der Waals surface area contributed by atoms with E-state index in [4.69, 9.17) is 0 Å². The van der Waals surface area contributed by atoms with Crippen LogP contribution >= 0.6 is 15.9 Å². The highest BCUT2D eigenvalue weighted by atomic mass is 79.9. The van der Waals surface area contributed by atoms with Crippen molar-refractivity contribution < 1.29 is 0 Å². The van der Waals surface area contributed by atoms with Gasteiger partial charge < -0.3 is 0 Å². The first-order valence-electron chi connectivity index (χ1n) is 4.02. The van der Waals surface area contributed by atoms with Crippen molar-refractivity contribution >= 4 is 21.5 Å². The molecule has 0 aromatic heterocycles. The largest absolute Gasteiger partial charge is 0.0620 e. The lowest BCUT2D eigenvalue weighted by Gasteiger charge is -2.06. The number of benzene rings is 1. The zero-order valence-corrected chi connectivity index (χ0v) is 9.27. The van der Waals surface area contributed by atoms with Crippen molar-refractivity contribution in [2.75, 3.05) is 0 Å². The molecule has 0 heterocycles. The number of hydrogen-bond acceptors (Lipinski definition) is 0. The van der Waals surface area contributed by atoms with Gasteiger partial charge in [0.05, 0.1) is 0 Å². The molecule has 1 heteroatoms. The van der Waals surface area contributed by atoms with Crippen LogP contribution < -0.4 is 0 Å². The molecule has 0 radical (unpaired) electrons. The van der Waals surface area contributed by atoms with Crippen molar-refractivity contribution in [2.24, 2.45) is 0 Å². The first-order chi connectivity index (χ1) is 5.63. The first kappa shape index (κ1) is 9.53. The lowest BCUT2D eigenvalue weighted by molar-refractivity contribution is 1.40. The lowest BCUT2D eigenvalue weighted by atomic mass is 10.0. The zero-order valence-electron chi connectivity index (χ0n) is 7.69. The van der Waals surface area contributed by atoms with Gasteiger partial charge in [0, 0.05) is 0 Å². The monoisotopic (exact) mass is 224 g/mol. The fourth-order valence-electron chi connectivity index (χ4n) is 1.18. The molecule has 0 bridgehead atoms. The van der Waals surface area contributed by atoms with E-state index in [0.717, 1.165) is 0 Å². The molecule has 0 aliphatic heterocycles. The SMILES string of the molecule is CC(Br)=C(C)c1ccccc1C. The molecule has 0 spiro atoms. The van der Waals surface area contributed by atoms with E-state index in [9.17, 15) is 0 Å². The number of hydrogen-bond donors (Lipinski definition) is 0. The van der Waals surface area contributed by atoms with Gasteiger partial charge in [-0.3, -0.25) is 0 Å². The molecule has 0 saturated carbocycles. The second-order valence-corrected chi connectivity index (χ2v) is 4.16. The van der Waals surface area contributed by atoms with Gasteiger partial charge >= 0.3 is 0 Å². The fourth-order valence-corrected chi connectivity index (χ4v) is 1.39. The first-order valence-corrected chi connectivity index (χ1v) is 4.81. The standard InChI is InChI=1S/C11H13Br/c1-8-6-4-5-7-11(8)9(2)10(3)12/h4-7H,1-3H3. The van der Waals surface area contributed by atoms with Crippen LogP contribution in [-0.4, -0.2) is 0 Å². The van der Waals surface area contributed by atoms with Crippen molar-refractivity contribution in [3.8, 4) is 0 Å². The Morgan fingerprint density at radius 3 is 2.25 bits per heavy atom. The molecule has 0 aliphatic rings. The van der Waals surface area contributed by atoms with Crippen molar-refractivity contribution in [2.45, 2.75) is 20.8 Å². The van der Waals surface area contributed by atoms with E-state index in [2.05, 4.69) is 61.0 Å². The molecule has 1 rings (SSSR count). The topological polar surface area (TPSA) is 0 Å². The van der Waals surface area contributed by atoms with Gasteiger partial charge in [0.2, 0.25) is 0 Å². The van der Waals surface area contributed by atoms with E-state index in [0.29, 0.717) is 0 Å². The van der Waals surface area contributed by atoms with Gasteiger partial charge in [0.25, 0.3) is 0 Å². The second kappa shape index (κ2) is 3.90. The highest BCUT2D eigenvalue weighted by Gasteiger charge is 2.00. The molecule has 1 aromatic rings. The van der Waals surface area contributed by atoms with E-state index >= 15 is 0 Å². The van der Waals surface area contributed by atoms with Crippen molar-refractivity contribution in [1.82, 2.24) is 0 Å². The third-order valence-corrected chi connectivity index (χ3v) is 2.66. The molecule has 12 heavy (non-hydrogen) atoms. The summed E-state index contributed by atoms with van der Waals surface area (Å²) in [5.41, 5.74) is 3.97. The van der Waals surface area contributed by atoms with Gasteiger partial charge in [-0.1, -0.05) is 40.2 Å². The van der Waals surface area contributed by atoms with Crippen LogP contribution in [0, 0.1) is 6.92 Å². The third-order valence-electron chi connectivity index (χ3n) is 2.07. The number of allylic oxidation sites excluding steroid dienone is 2. The molecule has 0 fully saturated rings. The van der Waals surface area contributed by atoms with Crippen molar-refractivity contribution in [1.29, 1.82) is 0 Å². The highest BCUT2D eigenvalue weighted by molar-refractivity contribution is 9.11. The fraction of sp³-hybridized carbons (Fsp3) is 0.273. The maximum absolute atomic E-state index is 3.49. The van der Waals surface area contributed by atoms with Crippen LogP contribution in [0.4, 0.5) is 0 Å². The van der Waals surface area contributed by atoms with E-state index in [1.165, 1.54) is 21.2 Å². The van der Waals surface area contributed by atoms with Crippen LogP contribution in [0.25, 0.3) is 5.57 Å². The van der Waals surface area contributed by atoms with Crippen LogP contribution in [0.3, 0.4) is 0 Å². The minimum absolute atomic E-state index is 1.21. The Morgan fingerprint density at radius 2 is 1.75 bits per heavy atom. The predicted octanol–water partition coefficient (Wildman–Crippen LogP) is 4.14. The molecule has 1 aromatic carbocycles. The summed E-state index contributed by atoms with van der Waals surface area (Å²) in [5.74, 6) is 0. The smallest absolute Gasteiger partial charge is 0.00451 e. The lowest BCUT2D eigenvalue weighted by Crippen LogP contribution is -1.85. The highest BCUT2D eigenvalue weighted by Crippen LogP contribution is 2.23. The summed E-state index contributed by atoms with van der Waals surface area (Å²) < 4.78 is 1.21. The number of rotatable bonds is 1. The zero-order chi connectivity index (χ0) is 9.14. The minimum atomic E-state index is 1.21. The van der Waals surface area contributed by atoms with Gasteiger partial charge in [-0.25, -0.2) is 0 Å². The summed E-state index contributed by atoms with van der Waals surface area (Å²) in [6.07, 6.45) is 0. The number of halogens is 1. The molecule has 0 saturated heterocycles. The molecular weight excluding hydrogens is 212 g/mol. The Bertz CT molecular complexity index is 307.